The van der Waals surface area contributed by atoms with Crippen molar-refractivity contribution in [2.75, 3.05) is 6.54 Å². The summed E-state index contributed by atoms with van der Waals surface area (Å²) in [4.78, 5) is 0. The lowest BCUT2D eigenvalue weighted by molar-refractivity contribution is 0.494. The van der Waals surface area contributed by atoms with E-state index in [0.717, 1.165) is 25.1 Å². The molecule has 112 valence electrons. The highest BCUT2D eigenvalue weighted by molar-refractivity contribution is 5.51. The van der Waals surface area contributed by atoms with E-state index in [1.165, 1.54) is 11.1 Å². The fourth-order valence-electron chi connectivity index (χ4n) is 2.19. The Labute approximate surface area is 130 Å². The summed E-state index contributed by atoms with van der Waals surface area (Å²) in [6.07, 6.45) is 0.728. The van der Waals surface area contributed by atoms with Crippen LogP contribution in [0.4, 0.5) is 0 Å². The minimum Gasteiger partial charge on any atom is -0.421 e. The molecule has 0 fully saturated rings. The molecule has 0 amide bonds. The smallest absolute Gasteiger partial charge is 0.247 e. The molecule has 3 rings (SSSR count). The predicted molar refractivity (Wildman–Crippen MR) is 86.3 cm³/mol. The summed E-state index contributed by atoms with van der Waals surface area (Å²) < 4.78 is 5.68. The van der Waals surface area contributed by atoms with E-state index >= 15 is 0 Å². The number of nitrogens with one attached hydrogen (secondary N) is 1. The Bertz CT molecular complexity index is 705. The van der Waals surface area contributed by atoms with Crippen molar-refractivity contribution in [3.8, 4) is 11.5 Å². The lowest BCUT2D eigenvalue weighted by Crippen LogP contribution is -2.16. The first kappa shape index (κ1) is 14.5. The highest BCUT2D eigenvalue weighted by atomic mass is 16.4. The van der Waals surface area contributed by atoms with Crippen molar-refractivity contribution in [3.63, 3.8) is 0 Å². The average molecular weight is 293 g/mol. The molecule has 0 aliphatic carbocycles. The molecule has 1 N–H and O–H groups in total. The maximum absolute atomic E-state index is 5.68. The normalized spacial score (nSPS) is 10.8. The lowest BCUT2D eigenvalue weighted by Gasteiger charge is -2.03. The van der Waals surface area contributed by atoms with Crippen LogP contribution in [-0.4, -0.2) is 16.7 Å². The van der Waals surface area contributed by atoms with Gasteiger partial charge in [-0.25, -0.2) is 0 Å². The number of aryl methyl sites for hydroxylation is 1. The van der Waals surface area contributed by atoms with Crippen molar-refractivity contribution < 1.29 is 4.42 Å². The van der Waals surface area contributed by atoms with E-state index in [1.807, 2.05) is 30.3 Å². The van der Waals surface area contributed by atoms with E-state index in [-0.39, 0.29) is 0 Å². The Balaban J connectivity index is 1.48. The van der Waals surface area contributed by atoms with Gasteiger partial charge in [0.05, 0.1) is 0 Å². The molecule has 0 bridgehead atoms. The van der Waals surface area contributed by atoms with Crippen LogP contribution in [-0.2, 0) is 13.0 Å². The molecule has 0 unspecified atom stereocenters. The van der Waals surface area contributed by atoms with Crippen LogP contribution in [0.3, 0.4) is 0 Å². The van der Waals surface area contributed by atoms with Gasteiger partial charge in [-0.3, -0.25) is 0 Å². The first-order valence-electron chi connectivity index (χ1n) is 7.45. The first-order valence-corrected chi connectivity index (χ1v) is 7.45. The number of aromatic nitrogens is 2. The highest BCUT2D eigenvalue weighted by Crippen LogP contribution is 2.16. The molecule has 0 atom stereocenters. The SMILES string of the molecule is Cc1ccc(CNCCc2nnc(-c3ccccc3)o2)cc1. The molecule has 0 saturated heterocycles. The molecule has 1 aromatic heterocycles. The van der Waals surface area contributed by atoms with Crippen LogP contribution < -0.4 is 5.32 Å². The van der Waals surface area contributed by atoms with E-state index < -0.39 is 0 Å². The summed E-state index contributed by atoms with van der Waals surface area (Å²) in [6, 6.07) is 18.4. The quantitative estimate of drug-likeness (QED) is 0.708. The van der Waals surface area contributed by atoms with Gasteiger partial charge in [0.25, 0.3) is 0 Å². The van der Waals surface area contributed by atoms with E-state index in [2.05, 4.69) is 46.7 Å². The Kier molecular flexibility index (Phi) is 4.61. The van der Waals surface area contributed by atoms with Crippen molar-refractivity contribution in [3.05, 3.63) is 71.6 Å². The van der Waals surface area contributed by atoms with Gasteiger partial charge in [0.1, 0.15) is 0 Å². The second kappa shape index (κ2) is 7.00. The number of hydrogen-bond acceptors (Lipinski definition) is 4. The third-order valence-corrected chi connectivity index (χ3v) is 3.45. The van der Waals surface area contributed by atoms with E-state index in [9.17, 15) is 0 Å². The second-order valence-corrected chi connectivity index (χ2v) is 5.28. The molecule has 3 aromatic rings. The first-order chi connectivity index (χ1) is 10.8. The van der Waals surface area contributed by atoms with E-state index in [1.54, 1.807) is 0 Å². The highest BCUT2D eigenvalue weighted by Gasteiger charge is 2.07. The zero-order valence-electron chi connectivity index (χ0n) is 12.6. The van der Waals surface area contributed by atoms with E-state index in [4.69, 9.17) is 4.42 Å². The molecule has 0 saturated carbocycles. The number of nitrogens with zero attached hydrogens (tertiary/aromatic N) is 2. The van der Waals surface area contributed by atoms with Crippen molar-refractivity contribution in [1.29, 1.82) is 0 Å². The van der Waals surface area contributed by atoms with Crippen LogP contribution in [0, 0.1) is 6.92 Å². The standard InChI is InChI=1S/C18H19N3O/c1-14-7-9-15(10-8-14)13-19-12-11-17-20-21-18(22-17)16-5-3-2-4-6-16/h2-10,19H,11-13H2,1H3. The topological polar surface area (TPSA) is 51.0 Å². The summed E-state index contributed by atoms with van der Waals surface area (Å²) in [5.41, 5.74) is 3.51. The number of benzene rings is 2. The fourth-order valence-corrected chi connectivity index (χ4v) is 2.19. The maximum atomic E-state index is 5.68. The molecule has 2 aromatic carbocycles. The zero-order chi connectivity index (χ0) is 15.2. The van der Waals surface area contributed by atoms with Gasteiger partial charge in [-0.1, -0.05) is 48.0 Å². The van der Waals surface area contributed by atoms with Crippen molar-refractivity contribution in [1.82, 2.24) is 15.5 Å². The van der Waals surface area contributed by atoms with Gasteiger partial charge in [0.15, 0.2) is 0 Å². The summed E-state index contributed by atoms with van der Waals surface area (Å²) in [5, 5.41) is 11.6. The summed E-state index contributed by atoms with van der Waals surface area (Å²) in [6.45, 7) is 3.75. The predicted octanol–water partition coefficient (Wildman–Crippen LogP) is 3.38. The molecule has 0 aliphatic rings. The molecule has 0 radical (unpaired) electrons. The zero-order valence-corrected chi connectivity index (χ0v) is 12.6. The van der Waals surface area contributed by atoms with Crippen LogP contribution in [0.2, 0.25) is 0 Å². The van der Waals surface area contributed by atoms with Crippen LogP contribution in [0.1, 0.15) is 17.0 Å². The summed E-state index contributed by atoms with van der Waals surface area (Å²) >= 11 is 0. The maximum Gasteiger partial charge on any atom is 0.247 e. The molecule has 1 heterocycles. The van der Waals surface area contributed by atoms with Crippen molar-refractivity contribution in [2.45, 2.75) is 19.9 Å². The minimum absolute atomic E-state index is 0.578. The summed E-state index contributed by atoms with van der Waals surface area (Å²) in [5.74, 6) is 1.24. The van der Waals surface area contributed by atoms with E-state index in [0.29, 0.717) is 11.8 Å². The second-order valence-electron chi connectivity index (χ2n) is 5.28. The van der Waals surface area contributed by atoms with Gasteiger partial charge in [-0.15, -0.1) is 10.2 Å². The molecule has 4 nitrogen and oxygen atoms in total. The third-order valence-electron chi connectivity index (χ3n) is 3.45. The van der Waals surface area contributed by atoms with Gasteiger partial charge in [-0.2, -0.15) is 0 Å². The Hall–Kier alpha value is -2.46. The molecule has 4 heteroatoms. The molecular formula is C18H19N3O. The summed E-state index contributed by atoms with van der Waals surface area (Å²) in [7, 11) is 0. The lowest BCUT2D eigenvalue weighted by atomic mass is 10.1. The Morgan fingerprint density at radius 1 is 0.955 bits per heavy atom. The van der Waals surface area contributed by atoms with Crippen LogP contribution in [0.25, 0.3) is 11.5 Å². The fraction of sp³-hybridized carbons (Fsp3) is 0.222. The van der Waals surface area contributed by atoms with Gasteiger partial charge >= 0.3 is 0 Å². The molecule has 0 spiro atoms. The Morgan fingerprint density at radius 3 is 2.50 bits per heavy atom. The average Bonchev–Trinajstić information content (AvgIpc) is 3.03. The molecule has 22 heavy (non-hydrogen) atoms. The van der Waals surface area contributed by atoms with Gasteiger partial charge in [0, 0.05) is 25.1 Å². The Morgan fingerprint density at radius 2 is 1.73 bits per heavy atom. The van der Waals surface area contributed by atoms with Crippen LogP contribution >= 0.6 is 0 Å². The number of hydrogen-bond donors (Lipinski definition) is 1. The van der Waals surface area contributed by atoms with Crippen LogP contribution in [0.5, 0.6) is 0 Å². The monoisotopic (exact) mass is 293 g/mol. The minimum atomic E-state index is 0.578. The molecular weight excluding hydrogens is 274 g/mol. The molecule has 0 aliphatic heterocycles. The van der Waals surface area contributed by atoms with Gasteiger partial charge in [0.2, 0.25) is 11.8 Å². The van der Waals surface area contributed by atoms with Crippen LogP contribution in [0.15, 0.2) is 59.0 Å². The number of rotatable bonds is 6. The van der Waals surface area contributed by atoms with Gasteiger partial charge in [-0.05, 0) is 24.6 Å². The largest absolute Gasteiger partial charge is 0.421 e. The van der Waals surface area contributed by atoms with Crippen molar-refractivity contribution in [2.24, 2.45) is 0 Å². The van der Waals surface area contributed by atoms with Crippen molar-refractivity contribution >= 4 is 0 Å². The van der Waals surface area contributed by atoms with Gasteiger partial charge < -0.3 is 9.73 Å². The third kappa shape index (κ3) is 3.80.